The molecule has 2 aromatic rings. The Balaban J connectivity index is 1.42. The molecule has 0 spiro atoms. The summed E-state index contributed by atoms with van der Waals surface area (Å²) in [5, 5.41) is 2.83. The molecule has 2 saturated carbocycles. The molecule has 2 aromatic carbocycles. The van der Waals surface area contributed by atoms with Gasteiger partial charge in [-0.15, -0.1) is 0 Å². The minimum atomic E-state index is -0.279. The molecule has 3 amide bonds. The highest BCUT2D eigenvalue weighted by molar-refractivity contribution is 9.12. The lowest BCUT2D eigenvalue weighted by Crippen LogP contribution is -2.37. The molecule has 1 N–H and O–H groups in total. The molecule has 6 atom stereocenters. The van der Waals surface area contributed by atoms with E-state index in [-0.39, 0.29) is 51.0 Å². The third-order valence-corrected chi connectivity index (χ3v) is 9.59. The zero-order valence-electron chi connectivity index (χ0n) is 15.3. The number of anilines is 2. The van der Waals surface area contributed by atoms with Crippen molar-refractivity contribution in [3.8, 4) is 0 Å². The highest BCUT2D eigenvalue weighted by Gasteiger charge is 2.66. The lowest BCUT2D eigenvalue weighted by atomic mass is 9.81. The molecule has 1 heterocycles. The number of imide groups is 1. The second-order valence-electron chi connectivity index (χ2n) is 7.89. The molecular weight excluding hydrogens is 500 g/mol. The van der Waals surface area contributed by atoms with Gasteiger partial charge in [0, 0.05) is 20.9 Å². The zero-order chi connectivity index (χ0) is 20.3. The van der Waals surface area contributed by atoms with Gasteiger partial charge < -0.3 is 5.32 Å². The predicted molar refractivity (Wildman–Crippen MR) is 117 cm³/mol. The van der Waals surface area contributed by atoms with E-state index in [0.29, 0.717) is 16.9 Å². The van der Waals surface area contributed by atoms with Crippen LogP contribution >= 0.6 is 31.9 Å². The summed E-state index contributed by atoms with van der Waals surface area (Å²) in [5.74, 6) is -0.770. The molecule has 5 rings (SSSR count). The van der Waals surface area contributed by atoms with Crippen LogP contribution in [0, 0.1) is 23.7 Å². The van der Waals surface area contributed by atoms with Gasteiger partial charge in [-0.25, -0.2) is 0 Å². The smallest absolute Gasteiger partial charge is 0.255 e. The second kappa shape index (κ2) is 7.06. The fourth-order valence-electron chi connectivity index (χ4n) is 5.11. The molecule has 148 valence electrons. The minimum absolute atomic E-state index is 0.142. The lowest BCUT2D eigenvalue weighted by molar-refractivity contribution is -0.123. The normalized spacial score (nSPS) is 32.6. The molecule has 7 heteroatoms. The van der Waals surface area contributed by atoms with Crippen LogP contribution in [0.3, 0.4) is 0 Å². The number of hydrogen-bond acceptors (Lipinski definition) is 3. The first kappa shape index (κ1) is 19.0. The Hall–Kier alpha value is -1.99. The van der Waals surface area contributed by atoms with Gasteiger partial charge >= 0.3 is 0 Å². The van der Waals surface area contributed by atoms with Gasteiger partial charge in [-0.05, 0) is 48.6 Å². The molecule has 3 fully saturated rings. The van der Waals surface area contributed by atoms with Crippen molar-refractivity contribution in [1.29, 1.82) is 0 Å². The number of amides is 3. The molecule has 2 aliphatic carbocycles. The van der Waals surface area contributed by atoms with E-state index < -0.39 is 0 Å². The van der Waals surface area contributed by atoms with E-state index in [4.69, 9.17) is 0 Å². The summed E-state index contributed by atoms with van der Waals surface area (Å²) in [4.78, 5) is 40.7. The first-order chi connectivity index (χ1) is 14.0. The van der Waals surface area contributed by atoms with E-state index in [9.17, 15) is 14.4 Å². The number of hydrogen-bond donors (Lipinski definition) is 1. The van der Waals surface area contributed by atoms with Crippen LogP contribution in [0.2, 0.25) is 0 Å². The standard InChI is InChI=1S/C22H18Br2N2O3/c23-18-14-10-15(19(18)24)17-16(14)21(28)26(22(17)29)13-8-4-5-11(9-13)20(27)25-12-6-2-1-3-7-12/h1-9,14-19H,10H2,(H,25,27)/t14-,15-,16-,17+,18-,19+/m1/s1. The number of fused-ring (bicyclic) bond motifs is 5. The van der Waals surface area contributed by atoms with Gasteiger partial charge in [0.25, 0.3) is 5.91 Å². The van der Waals surface area contributed by atoms with Crippen molar-refractivity contribution in [2.45, 2.75) is 16.1 Å². The summed E-state index contributed by atoms with van der Waals surface area (Å²) in [7, 11) is 0. The summed E-state index contributed by atoms with van der Waals surface area (Å²) >= 11 is 7.40. The van der Waals surface area contributed by atoms with Crippen molar-refractivity contribution >= 4 is 61.0 Å². The van der Waals surface area contributed by atoms with Gasteiger partial charge in [-0.1, -0.05) is 56.1 Å². The maximum Gasteiger partial charge on any atom is 0.255 e. The van der Waals surface area contributed by atoms with E-state index in [1.807, 2.05) is 18.2 Å². The average Bonchev–Trinajstić information content (AvgIpc) is 3.33. The van der Waals surface area contributed by atoms with Gasteiger partial charge in [-0.3, -0.25) is 19.3 Å². The third-order valence-electron chi connectivity index (χ3n) is 6.39. The fourth-order valence-corrected chi connectivity index (χ4v) is 6.99. The first-order valence-corrected chi connectivity index (χ1v) is 11.4. The number of rotatable bonds is 3. The Morgan fingerprint density at radius 1 is 0.897 bits per heavy atom. The lowest BCUT2D eigenvalue weighted by Gasteiger charge is -2.28. The Kier molecular flexibility index (Phi) is 4.62. The number of nitrogens with zero attached hydrogens (tertiary/aromatic N) is 1. The number of carbonyl (C=O) groups excluding carboxylic acids is 3. The molecular formula is C22H18Br2N2O3. The van der Waals surface area contributed by atoms with Gasteiger partial charge in [0.15, 0.2) is 0 Å². The highest BCUT2D eigenvalue weighted by Crippen LogP contribution is 2.60. The molecule has 3 aliphatic rings. The summed E-state index contributed by atoms with van der Waals surface area (Å²) in [6, 6.07) is 15.9. The molecule has 29 heavy (non-hydrogen) atoms. The van der Waals surface area contributed by atoms with E-state index in [1.54, 1.807) is 36.4 Å². The van der Waals surface area contributed by atoms with Crippen molar-refractivity contribution in [3.63, 3.8) is 0 Å². The maximum atomic E-state index is 13.2. The monoisotopic (exact) mass is 516 g/mol. The Morgan fingerprint density at radius 2 is 1.52 bits per heavy atom. The Morgan fingerprint density at radius 3 is 2.14 bits per heavy atom. The van der Waals surface area contributed by atoms with Crippen molar-refractivity contribution < 1.29 is 14.4 Å². The number of para-hydroxylation sites is 1. The van der Waals surface area contributed by atoms with Crippen LogP contribution in [-0.2, 0) is 9.59 Å². The van der Waals surface area contributed by atoms with Crippen LogP contribution in [0.1, 0.15) is 16.8 Å². The van der Waals surface area contributed by atoms with E-state index in [2.05, 4.69) is 37.2 Å². The molecule has 0 radical (unpaired) electrons. The van der Waals surface area contributed by atoms with Crippen molar-refractivity contribution in [1.82, 2.24) is 0 Å². The maximum absolute atomic E-state index is 13.2. The predicted octanol–water partition coefficient (Wildman–Crippen LogP) is 4.22. The summed E-state index contributed by atoms with van der Waals surface area (Å²) < 4.78 is 0. The third kappa shape index (κ3) is 2.89. The molecule has 0 aromatic heterocycles. The SMILES string of the molecule is O=C(Nc1ccccc1)c1cccc(N2C(=O)[C@@H]3[C@H]4C[C@@H]([C@H](Br)[C@@H]4Br)[C@@H]3C2=O)c1. The van der Waals surface area contributed by atoms with Crippen LogP contribution in [0.4, 0.5) is 11.4 Å². The van der Waals surface area contributed by atoms with Crippen molar-refractivity contribution in [2.75, 3.05) is 10.2 Å². The van der Waals surface area contributed by atoms with Crippen LogP contribution in [0.15, 0.2) is 54.6 Å². The van der Waals surface area contributed by atoms with Gasteiger partial charge in [0.1, 0.15) is 0 Å². The molecule has 1 aliphatic heterocycles. The quantitative estimate of drug-likeness (QED) is 0.489. The van der Waals surface area contributed by atoms with E-state index in [1.165, 1.54) is 4.90 Å². The average molecular weight is 518 g/mol. The van der Waals surface area contributed by atoms with Crippen molar-refractivity contribution in [2.24, 2.45) is 23.7 Å². The minimum Gasteiger partial charge on any atom is -0.322 e. The molecule has 0 unspecified atom stereocenters. The van der Waals surface area contributed by atoms with Gasteiger partial charge in [0.2, 0.25) is 11.8 Å². The number of benzene rings is 2. The molecule has 5 nitrogen and oxygen atoms in total. The summed E-state index contributed by atoms with van der Waals surface area (Å²) in [6.45, 7) is 0. The zero-order valence-corrected chi connectivity index (χ0v) is 18.5. The fraction of sp³-hybridized carbons (Fsp3) is 0.318. The van der Waals surface area contributed by atoms with Gasteiger partial charge in [0.05, 0.1) is 17.5 Å². The van der Waals surface area contributed by atoms with Crippen molar-refractivity contribution in [3.05, 3.63) is 60.2 Å². The number of nitrogens with one attached hydrogen (secondary N) is 1. The number of alkyl halides is 2. The number of halogens is 2. The van der Waals surface area contributed by atoms with E-state index in [0.717, 1.165) is 6.42 Å². The molecule has 1 saturated heterocycles. The topological polar surface area (TPSA) is 66.5 Å². The van der Waals surface area contributed by atoms with Crippen LogP contribution in [0.25, 0.3) is 0 Å². The Bertz CT molecular complexity index is 980. The van der Waals surface area contributed by atoms with Crippen LogP contribution in [0.5, 0.6) is 0 Å². The van der Waals surface area contributed by atoms with Gasteiger partial charge in [-0.2, -0.15) is 0 Å². The summed E-state index contributed by atoms with van der Waals surface area (Å²) in [6.07, 6.45) is 0.895. The molecule has 2 bridgehead atoms. The largest absolute Gasteiger partial charge is 0.322 e. The number of carbonyl (C=O) groups is 3. The first-order valence-electron chi connectivity index (χ1n) is 9.60. The second-order valence-corrected chi connectivity index (χ2v) is 10.0. The van der Waals surface area contributed by atoms with E-state index >= 15 is 0 Å². The summed E-state index contributed by atoms with van der Waals surface area (Å²) in [5.41, 5.74) is 1.56. The Labute approximate surface area is 185 Å². The highest BCUT2D eigenvalue weighted by atomic mass is 79.9. The van der Waals surface area contributed by atoms with Crippen LogP contribution < -0.4 is 10.2 Å². The van der Waals surface area contributed by atoms with Crippen LogP contribution in [-0.4, -0.2) is 27.4 Å².